The number of halogens is 3. The first-order valence-electron chi connectivity index (χ1n) is 6.75. The summed E-state index contributed by atoms with van der Waals surface area (Å²) in [6, 6.07) is 17.7. The highest BCUT2D eigenvalue weighted by Crippen LogP contribution is 2.34. The molecule has 0 aliphatic heterocycles. The van der Waals surface area contributed by atoms with Crippen molar-refractivity contribution in [1.82, 2.24) is 4.57 Å². The van der Waals surface area contributed by atoms with Crippen LogP contribution in [-0.2, 0) is 19.1 Å². The van der Waals surface area contributed by atoms with Crippen molar-refractivity contribution in [2.45, 2.75) is 19.1 Å². The van der Waals surface area contributed by atoms with Gasteiger partial charge < -0.3 is 4.57 Å². The van der Waals surface area contributed by atoms with E-state index in [0.717, 1.165) is 5.56 Å². The maximum Gasteiger partial charge on any atom is 0.431 e. The first-order valence-corrected chi connectivity index (χ1v) is 6.75. The zero-order valence-electron chi connectivity index (χ0n) is 11.3. The van der Waals surface area contributed by atoms with Gasteiger partial charge in [-0.3, -0.25) is 0 Å². The monoisotopic (exact) mass is 289 g/mol. The van der Waals surface area contributed by atoms with Crippen molar-refractivity contribution in [3.63, 3.8) is 0 Å². The fraction of sp³-hybridized carbons (Fsp3) is 0.176. The smallest absolute Gasteiger partial charge is 0.337 e. The van der Waals surface area contributed by atoms with Gasteiger partial charge in [-0.2, -0.15) is 13.2 Å². The Labute approximate surface area is 120 Å². The summed E-state index contributed by atoms with van der Waals surface area (Å²) in [5, 5.41) is 0.623. The van der Waals surface area contributed by atoms with E-state index in [1.165, 1.54) is 10.6 Å². The molecule has 1 aromatic heterocycles. The number of hydrogen-bond acceptors (Lipinski definition) is 0. The van der Waals surface area contributed by atoms with Crippen molar-refractivity contribution in [1.29, 1.82) is 0 Å². The van der Waals surface area contributed by atoms with E-state index in [2.05, 4.69) is 0 Å². The molecule has 0 radical (unpaired) electrons. The lowest BCUT2D eigenvalue weighted by Gasteiger charge is -2.13. The Morgan fingerprint density at radius 1 is 0.857 bits per heavy atom. The summed E-state index contributed by atoms with van der Waals surface area (Å²) in [4.78, 5) is 0. The molecule has 0 fully saturated rings. The van der Waals surface area contributed by atoms with E-state index in [0.29, 0.717) is 23.9 Å². The number of aromatic nitrogens is 1. The summed E-state index contributed by atoms with van der Waals surface area (Å²) in [6.45, 7) is 0.312. The fourth-order valence-corrected chi connectivity index (χ4v) is 2.57. The Morgan fingerprint density at radius 3 is 2.24 bits per heavy atom. The molecule has 0 N–H and O–H groups in total. The predicted octanol–water partition coefficient (Wildman–Crippen LogP) is 4.90. The zero-order valence-corrected chi connectivity index (χ0v) is 11.3. The lowest BCUT2D eigenvalue weighted by atomic mass is 10.1. The van der Waals surface area contributed by atoms with Crippen LogP contribution in [0.1, 0.15) is 11.3 Å². The normalized spacial score (nSPS) is 12.0. The Balaban J connectivity index is 1.99. The summed E-state index contributed by atoms with van der Waals surface area (Å²) >= 11 is 0. The van der Waals surface area contributed by atoms with Crippen molar-refractivity contribution in [2.75, 3.05) is 0 Å². The van der Waals surface area contributed by atoms with Crippen LogP contribution in [-0.4, -0.2) is 4.57 Å². The third-order valence-electron chi connectivity index (χ3n) is 3.57. The highest BCUT2D eigenvalue weighted by molar-refractivity contribution is 5.81. The molecular formula is C17H14F3N. The molecule has 3 rings (SSSR count). The molecule has 108 valence electrons. The highest BCUT2D eigenvalue weighted by Gasteiger charge is 2.35. The molecule has 0 amide bonds. The molecule has 0 aliphatic rings. The first-order chi connectivity index (χ1) is 10.1. The van der Waals surface area contributed by atoms with Crippen LogP contribution in [0.4, 0.5) is 13.2 Å². The predicted molar refractivity (Wildman–Crippen MR) is 77.1 cm³/mol. The molecule has 0 unspecified atom stereocenters. The van der Waals surface area contributed by atoms with E-state index in [-0.39, 0.29) is 0 Å². The number of para-hydroxylation sites is 1. The summed E-state index contributed by atoms with van der Waals surface area (Å²) in [5.74, 6) is 0. The van der Waals surface area contributed by atoms with Crippen molar-refractivity contribution in [3.05, 3.63) is 71.9 Å². The average molecular weight is 289 g/mol. The van der Waals surface area contributed by atoms with Gasteiger partial charge in [0.25, 0.3) is 0 Å². The maximum absolute atomic E-state index is 13.2. The van der Waals surface area contributed by atoms with E-state index in [9.17, 15) is 13.2 Å². The van der Waals surface area contributed by atoms with Gasteiger partial charge in [0.1, 0.15) is 5.69 Å². The molecular weight excluding hydrogens is 275 g/mol. The minimum absolute atomic E-state index is 0.312. The fourth-order valence-electron chi connectivity index (χ4n) is 2.57. The summed E-state index contributed by atoms with van der Waals surface area (Å²) in [6.07, 6.45) is -3.77. The van der Waals surface area contributed by atoms with Crippen molar-refractivity contribution >= 4 is 10.9 Å². The van der Waals surface area contributed by atoms with Crippen LogP contribution in [0.15, 0.2) is 60.7 Å². The third-order valence-corrected chi connectivity index (χ3v) is 3.57. The van der Waals surface area contributed by atoms with E-state index in [4.69, 9.17) is 0 Å². The summed E-state index contributed by atoms with van der Waals surface area (Å²) in [5.41, 5.74) is 1.07. The minimum Gasteiger partial charge on any atom is -0.337 e. The lowest BCUT2D eigenvalue weighted by Crippen LogP contribution is -2.14. The SMILES string of the molecule is FC(F)(F)c1cc2ccccc2n1CCc1ccccc1. The van der Waals surface area contributed by atoms with Crippen LogP contribution < -0.4 is 0 Å². The molecule has 21 heavy (non-hydrogen) atoms. The van der Waals surface area contributed by atoms with Crippen molar-refractivity contribution < 1.29 is 13.2 Å². The summed E-state index contributed by atoms with van der Waals surface area (Å²) in [7, 11) is 0. The van der Waals surface area contributed by atoms with E-state index in [1.807, 2.05) is 30.3 Å². The maximum atomic E-state index is 13.2. The molecule has 0 saturated heterocycles. The number of alkyl halides is 3. The van der Waals surface area contributed by atoms with Gasteiger partial charge >= 0.3 is 6.18 Å². The molecule has 0 saturated carbocycles. The largest absolute Gasteiger partial charge is 0.431 e. The molecule has 1 heterocycles. The highest BCUT2D eigenvalue weighted by atomic mass is 19.4. The topological polar surface area (TPSA) is 4.93 Å². The average Bonchev–Trinajstić information content (AvgIpc) is 2.85. The van der Waals surface area contributed by atoms with Gasteiger partial charge in [-0.05, 0) is 24.1 Å². The molecule has 0 spiro atoms. The quantitative estimate of drug-likeness (QED) is 0.646. The molecule has 4 heteroatoms. The van der Waals surface area contributed by atoms with Gasteiger partial charge in [-0.1, -0.05) is 48.5 Å². The van der Waals surface area contributed by atoms with Crippen LogP contribution in [0.5, 0.6) is 0 Å². The number of benzene rings is 2. The summed E-state index contributed by atoms with van der Waals surface area (Å²) < 4.78 is 40.9. The van der Waals surface area contributed by atoms with E-state index in [1.54, 1.807) is 24.3 Å². The minimum atomic E-state index is -4.34. The second kappa shape index (κ2) is 5.28. The number of hydrogen-bond donors (Lipinski definition) is 0. The van der Waals surface area contributed by atoms with Crippen LogP contribution in [0.2, 0.25) is 0 Å². The number of fused-ring (bicyclic) bond motifs is 1. The van der Waals surface area contributed by atoms with Gasteiger partial charge in [0.05, 0.1) is 0 Å². The van der Waals surface area contributed by atoms with E-state index < -0.39 is 11.9 Å². The Kier molecular flexibility index (Phi) is 3.45. The Hall–Kier alpha value is -2.23. The van der Waals surface area contributed by atoms with Crippen LogP contribution in [0.25, 0.3) is 10.9 Å². The van der Waals surface area contributed by atoms with Crippen molar-refractivity contribution in [3.8, 4) is 0 Å². The second-order valence-corrected chi connectivity index (χ2v) is 4.97. The Morgan fingerprint density at radius 2 is 1.52 bits per heavy atom. The van der Waals surface area contributed by atoms with Crippen LogP contribution >= 0.6 is 0 Å². The number of rotatable bonds is 3. The molecule has 0 aliphatic carbocycles. The van der Waals surface area contributed by atoms with E-state index >= 15 is 0 Å². The van der Waals surface area contributed by atoms with Crippen LogP contribution in [0.3, 0.4) is 0 Å². The molecule has 2 aromatic carbocycles. The van der Waals surface area contributed by atoms with Gasteiger partial charge in [0.2, 0.25) is 0 Å². The first kappa shape index (κ1) is 13.7. The van der Waals surface area contributed by atoms with Gasteiger partial charge in [0, 0.05) is 17.4 Å². The zero-order chi connectivity index (χ0) is 14.9. The number of aryl methyl sites for hydroxylation is 2. The lowest BCUT2D eigenvalue weighted by molar-refractivity contribution is -0.143. The van der Waals surface area contributed by atoms with Crippen molar-refractivity contribution in [2.24, 2.45) is 0 Å². The number of nitrogens with zero attached hydrogens (tertiary/aromatic N) is 1. The molecule has 0 atom stereocenters. The third kappa shape index (κ3) is 2.79. The van der Waals surface area contributed by atoms with Gasteiger partial charge in [-0.25, -0.2) is 0 Å². The van der Waals surface area contributed by atoms with Gasteiger partial charge in [-0.15, -0.1) is 0 Å². The molecule has 3 aromatic rings. The Bertz CT molecular complexity index is 742. The second-order valence-electron chi connectivity index (χ2n) is 4.97. The molecule has 0 bridgehead atoms. The molecule has 1 nitrogen and oxygen atoms in total. The standard InChI is InChI=1S/C17H14F3N/c18-17(19,20)16-12-14-8-4-5-9-15(14)21(16)11-10-13-6-2-1-3-7-13/h1-9,12H,10-11H2. The van der Waals surface area contributed by atoms with Gasteiger partial charge in [0.15, 0.2) is 0 Å². The van der Waals surface area contributed by atoms with Crippen LogP contribution in [0, 0.1) is 0 Å².